The number of amides is 1. The van der Waals surface area contributed by atoms with E-state index in [0.717, 1.165) is 11.3 Å². The van der Waals surface area contributed by atoms with Gasteiger partial charge in [-0.25, -0.2) is 4.79 Å². The van der Waals surface area contributed by atoms with Gasteiger partial charge in [-0.2, -0.15) is 5.10 Å². The quantitative estimate of drug-likeness (QED) is 0.779. The molecule has 0 aliphatic carbocycles. The van der Waals surface area contributed by atoms with Crippen molar-refractivity contribution in [1.29, 1.82) is 0 Å². The number of nitrogens with one attached hydrogen (secondary N) is 1. The summed E-state index contributed by atoms with van der Waals surface area (Å²) in [6, 6.07) is 8.41. The monoisotopic (exact) mass is 353 g/mol. The van der Waals surface area contributed by atoms with Crippen LogP contribution in [0, 0.1) is 6.92 Å². The van der Waals surface area contributed by atoms with Gasteiger partial charge >= 0.3 is 5.63 Å². The van der Waals surface area contributed by atoms with Crippen LogP contribution in [0.25, 0.3) is 10.8 Å². The van der Waals surface area contributed by atoms with E-state index < -0.39 is 11.5 Å². The SMILES string of the molecule is Cc1nn(C)cc1[C@H]1OCC[C@@H]1NC(=O)c1cc2ccccc2c(=O)o1. The fourth-order valence-electron chi connectivity index (χ4n) is 3.43. The molecule has 0 bridgehead atoms. The minimum absolute atomic E-state index is 0.00209. The molecule has 2 aromatic heterocycles. The highest BCUT2D eigenvalue weighted by Gasteiger charge is 2.33. The molecule has 0 spiro atoms. The van der Waals surface area contributed by atoms with Gasteiger partial charge in [-0.3, -0.25) is 9.48 Å². The predicted octanol–water partition coefficient (Wildman–Crippen LogP) is 2.09. The normalized spacial score (nSPS) is 19.8. The Morgan fingerprint density at radius 2 is 2.15 bits per heavy atom. The Morgan fingerprint density at radius 1 is 1.35 bits per heavy atom. The molecule has 2 atom stereocenters. The zero-order valence-electron chi connectivity index (χ0n) is 14.6. The fourth-order valence-corrected chi connectivity index (χ4v) is 3.43. The number of aryl methyl sites for hydroxylation is 2. The molecule has 0 radical (unpaired) electrons. The van der Waals surface area contributed by atoms with Crippen LogP contribution in [0.15, 0.2) is 45.7 Å². The molecular weight excluding hydrogens is 334 g/mol. The first-order chi connectivity index (χ1) is 12.5. The standard InChI is InChI=1S/C19H19N3O4/c1-11-14(10-22(2)21-11)17-15(7-8-25-17)20-18(23)16-9-12-5-3-4-6-13(12)19(24)26-16/h3-6,9-10,15,17H,7-8H2,1-2H3,(H,20,23)/t15-,17+/m0/s1. The predicted molar refractivity (Wildman–Crippen MR) is 95.0 cm³/mol. The van der Waals surface area contributed by atoms with Gasteiger partial charge in [0.1, 0.15) is 6.10 Å². The summed E-state index contributed by atoms with van der Waals surface area (Å²) in [6.07, 6.45) is 2.32. The number of aromatic nitrogens is 2. The summed E-state index contributed by atoms with van der Waals surface area (Å²) < 4.78 is 12.8. The van der Waals surface area contributed by atoms with Crippen molar-refractivity contribution in [2.75, 3.05) is 6.61 Å². The van der Waals surface area contributed by atoms with Crippen LogP contribution in [0.5, 0.6) is 0 Å². The van der Waals surface area contributed by atoms with E-state index in [4.69, 9.17) is 9.15 Å². The third-order valence-electron chi connectivity index (χ3n) is 4.66. The first-order valence-corrected chi connectivity index (χ1v) is 8.48. The lowest BCUT2D eigenvalue weighted by molar-refractivity contribution is 0.0797. The Kier molecular flexibility index (Phi) is 4.08. The van der Waals surface area contributed by atoms with E-state index in [2.05, 4.69) is 10.4 Å². The van der Waals surface area contributed by atoms with Crippen molar-refractivity contribution in [1.82, 2.24) is 15.1 Å². The minimum atomic E-state index is -0.518. The van der Waals surface area contributed by atoms with E-state index in [0.29, 0.717) is 23.8 Å². The molecule has 3 aromatic rings. The summed E-state index contributed by atoms with van der Waals surface area (Å²) in [4.78, 5) is 24.7. The highest BCUT2D eigenvalue weighted by atomic mass is 16.5. The Balaban J connectivity index is 1.59. The minimum Gasteiger partial charge on any atom is -0.417 e. The van der Waals surface area contributed by atoms with Gasteiger partial charge in [-0.05, 0) is 30.9 Å². The van der Waals surface area contributed by atoms with Crippen LogP contribution in [0.4, 0.5) is 0 Å². The summed E-state index contributed by atoms with van der Waals surface area (Å²) >= 11 is 0. The summed E-state index contributed by atoms with van der Waals surface area (Å²) in [5.41, 5.74) is 1.31. The molecule has 134 valence electrons. The molecule has 3 heterocycles. The molecule has 1 aliphatic rings. The highest BCUT2D eigenvalue weighted by molar-refractivity contribution is 5.95. The van der Waals surface area contributed by atoms with Crippen molar-refractivity contribution in [3.63, 3.8) is 0 Å². The van der Waals surface area contributed by atoms with Crippen molar-refractivity contribution in [3.05, 3.63) is 64.0 Å². The first kappa shape index (κ1) is 16.5. The second-order valence-corrected chi connectivity index (χ2v) is 6.49. The number of fused-ring (bicyclic) bond motifs is 1. The van der Waals surface area contributed by atoms with Gasteiger partial charge in [0.2, 0.25) is 0 Å². The molecule has 1 saturated heterocycles. The zero-order valence-corrected chi connectivity index (χ0v) is 14.6. The molecule has 1 aliphatic heterocycles. The molecule has 4 rings (SSSR count). The molecule has 26 heavy (non-hydrogen) atoms. The Labute approximate surface area is 149 Å². The van der Waals surface area contributed by atoms with Crippen LogP contribution >= 0.6 is 0 Å². The maximum absolute atomic E-state index is 12.6. The summed E-state index contributed by atoms with van der Waals surface area (Å²) in [5.74, 6) is -0.419. The molecule has 1 aromatic carbocycles. The van der Waals surface area contributed by atoms with Crippen LogP contribution in [-0.2, 0) is 11.8 Å². The Morgan fingerprint density at radius 3 is 2.92 bits per heavy atom. The molecular formula is C19H19N3O4. The van der Waals surface area contributed by atoms with E-state index in [1.54, 1.807) is 28.9 Å². The maximum Gasteiger partial charge on any atom is 0.344 e. The van der Waals surface area contributed by atoms with Crippen molar-refractivity contribution < 1.29 is 13.9 Å². The van der Waals surface area contributed by atoms with Gasteiger partial charge in [0, 0.05) is 25.4 Å². The van der Waals surface area contributed by atoms with Crippen LogP contribution in [-0.4, -0.2) is 28.3 Å². The average Bonchev–Trinajstić information content (AvgIpc) is 3.20. The smallest absolute Gasteiger partial charge is 0.344 e. The molecule has 0 unspecified atom stereocenters. The first-order valence-electron chi connectivity index (χ1n) is 8.48. The van der Waals surface area contributed by atoms with Gasteiger partial charge < -0.3 is 14.5 Å². The fraction of sp³-hybridized carbons (Fsp3) is 0.316. The van der Waals surface area contributed by atoms with Gasteiger partial charge in [0.25, 0.3) is 5.91 Å². The third kappa shape index (κ3) is 2.90. The van der Waals surface area contributed by atoms with Crippen molar-refractivity contribution >= 4 is 16.7 Å². The lowest BCUT2D eigenvalue weighted by Crippen LogP contribution is -2.37. The van der Waals surface area contributed by atoms with Gasteiger partial charge in [0.15, 0.2) is 5.76 Å². The molecule has 7 nitrogen and oxygen atoms in total. The van der Waals surface area contributed by atoms with E-state index in [1.165, 1.54) is 0 Å². The third-order valence-corrected chi connectivity index (χ3v) is 4.66. The summed E-state index contributed by atoms with van der Waals surface area (Å²) in [7, 11) is 1.85. The topological polar surface area (TPSA) is 86.4 Å². The molecule has 7 heteroatoms. The second kappa shape index (κ2) is 6.42. The Bertz CT molecular complexity index is 1040. The van der Waals surface area contributed by atoms with Crippen molar-refractivity contribution in [2.24, 2.45) is 7.05 Å². The van der Waals surface area contributed by atoms with Crippen molar-refractivity contribution in [2.45, 2.75) is 25.5 Å². The Hall–Kier alpha value is -2.93. The highest BCUT2D eigenvalue weighted by Crippen LogP contribution is 2.31. The van der Waals surface area contributed by atoms with Crippen molar-refractivity contribution in [3.8, 4) is 0 Å². The number of hydrogen-bond acceptors (Lipinski definition) is 5. The number of benzene rings is 1. The molecule has 0 saturated carbocycles. The van der Waals surface area contributed by atoms with E-state index in [-0.39, 0.29) is 17.9 Å². The number of rotatable bonds is 3. The maximum atomic E-state index is 12.6. The van der Waals surface area contributed by atoms with Crippen LogP contribution in [0.2, 0.25) is 0 Å². The lowest BCUT2D eigenvalue weighted by atomic mass is 10.0. The summed E-state index contributed by atoms with van der Waals surface area (Å²) in [6.45, 7) is 2.46. The number of hydrogen-bond donors (Lipinski definition) is 1. The average molecular weight is 353 g/mol. The van der Waals surface area contributed by atoms with E-state index in [1.807, 2.05) is 26.2 Å². The van der Waals surface area contributed by atoms with Crippen LogP contribution in [0.1, 0.15) is 34.3 Å². The summed E-state index contributed by atoms with van der Waals surface area (Å²) in [5, 5.41) is 8.41. The number of nitrogens with zero attached hydrogens (tertiary/aromatic N) is 2. The molecule has 1 amide bonds. The number of carbonyl (C=O) groups is 1. The van der Waals surface area contributed by atoms with Crippen LogP contribution < -0.4 is 10.9 Å². The van der Waals surface area contributed by atoms with Gasteiger partial charge in [-0.15, -0.1) is 0 Å². The van der Waals surface area contributed by atoms with E-state index >= 15 is 0 Å². The van der Waals surface area contributed by atoms with E-state index in [9.17, 15) is 9.59 Å². The lowest BCUT2D eigenvalue weighted by Gasteiger charge is -2.19. The van der Waals surface area contributed by atoms with Gasteiger partial charge in [0.05, 0.1) is 17.1 Å². The van der Waals surface area contributed by atoms with Gasteiger partial charge in [-0.1, -0.05) is 18.2 Å². The zero-order chi connectivity index (χ0) is 18.3. The van der Waals surface area contributed by atoms with Crippen LogP contribution in [0.3, 0.4) is 0 Å². The number of carbonyl (C=O) groups excluding carboxylic acids is 1. The largest absolute Gasteiger partial charge is 0.417 e. The number of ether oxygens (including phenoxy) is 1. The molecule has 1 fully saturated rings. The second-order valence-electron chi connectivity index (χ2n) is 6.49. The molecule has 1 N–H and O–H groups in total.